The molecule has 0 aromatic rings. The first kappa shape index (κ1) is 12.5. The summed E-state index contributed by atoms with van der Waals surface area (Å²) in [5.74, 6) is -2.35. The Morgan fingerprint density at radius 2 is 1.67 bits per heavy atom. The molecule has 4 amide bonds. The highest BCUT2D eigenvalue weighted by atomic mass is 16.2. The van der Waals surface area contributed by atoms with Gasteiger partial charge in [0, 0.05) is 18.8 Å². The average molecular weight is 250 g/mol. The summed E-state index contributed by atoms with van der Waals surface area (Å²) in [4.78, 5) is 48.7. The molecule has 0 aliphatic carbocycles. The molecular formula is C12H14N2O4. The Morgan fingerprint density at radius 1 is 1.11 bits per heavy atom. The van der Waals surface area contributed by atoms with Crippen LogP contribution < -0.4 is 0 Å². The number of hydrogen-bond donors (Lipinski definition) is 0. The fourth-order valence-corrected chi connectivity index (χ4v) is 2.18. The lowest BCUT2D eigenvalue weighted by Gasteiger charge is -2.21. The quantitative estimate of drug-likeness (QED) is 0.518. The highest BCUT2D eigenvalue weighted by molar-refractivity contribution is 6.07. The monoisotopic (exact) mass is 250 g/mol. The molecule has 0 N–H and O–H groups in total. The Labute approximate surface area is 104 Å². The second-order valence-corrected chi connectivity index (χ2v) is 4.61. The molecule has 2 unspecified atom stereocenters. The van der Waals surface area contributed by atoms with Crippen LogP contribution in [0.1, 0.15) is 19.8 Å². The van der Waals surface area contributed by atoms with E-state index in [4.69, 9.17) is 0 Å². The first-order valence-corrected chi connectivity index (χ1v) is 5.76. The number of likely N-dealkylation sites (tertiary alicyclic amines) is 2. The average Bonchev–Trinajstić information content (AvgIpc) is 2.72. The van der Waals surface area contributed by atoms with E-state index in [-0.39, 0.29) is 43.1 Å². The van der Waals surface area contributed by atoms with Gasteiger partial charge >= 0.3 is 0 Å². The third-order valence-corrected chi connectivity index (χ3v) is 3.32. The molecule has 0 aromatic carbocycles. The van der Waals surface area contributed by atoms with Gasteiger partial charge in [-0.1, -0.05) is 13.0 Å². The first-order valence-electron chi connectivity index (χ1n) is 5.76. The van der Waals surface area contributed by atoms with Crippen LogP contribution in [0, 0.1) is 11.8 Å². The van der Waals surface area contributed by atoms with Crippen LogP contribution in [0.5, 0.6) is 0 Å². The van der Waals surface area contributed by atoms with Crippen molar-refractivity contribution in [3.8, 4) is 0 Å². The number of carbonyl (C=O) groups is 4. The van der Waals surface area contributed by atoms with Gasteiger partial charge in [-0.15, -0.1) is 6.58 Å². The van der Waals surface area contributed by atoms with E-state index in [0.29, 0.717) is 0 Å². The SMILES string of the molecule is C=CC1CC(=O)N(CN2C(=O)CC(C)C2=O)C1=O. The van der Waals surface area contributed by atoms with Gasteiger partial charge in [-0.25, -0.2) is 0 Å². The van der Waals surface area contributed by atoms with E-state index >= 15 is 0 Å². The molecule has 6 nitrogen and oxygen atoms in total. The molecule has 2 fully saturated rings. The zero-order valence-electron chi connectivity index (χ0n) is 10.1. The smallest absolute Gasteiger partial charge is 0.238 e. The van der Waals surface area contributed by atoms with Gasteiger partial charge in [0.25, 0.3) is 0 Å². The lowest BCUT2D eigenvalue weighted by Crippen LogP contribution is -2.44. The lowest BCUT2D eigenvalue weighted by atomic mass is 10.1. The summed E-state index contributed by atoms with van der Waals surface area (Å²) in [6.07, 6.45) is 1.62. The van der Waals surface area contributed by atoms with Crippen LogP contribution in [0.2, 0.25) is 0 Å². The van der Waals surface area contributed by atoms with Crippen LogP contribution >= 0.6 is 0 Å². The summed E-state index contributed by atoms with van der Waals surface area (Å²) in [5, 5.41) is 0. The van der Waals surface area contributed by atoms with E-state index < -0.39 is 11.8 Å². The van der Waals surface area contributed by atoms with E-state index in [1.54, 1.807) is 6.92 Å². The fourth-order valence-electron chi connectivity index (χ4n) is 2.18. The summed E-state index contributed by atoms with van der Waals surface area (Å²) in [6, 6.07) is 0. The largest absolute Gasteiger partial charge is 0.274 e. The molecule has 2 rings (SSSR count). The van der Waals surface area contributed by atoms with Crippen LogP contribution in [-0.4, -0.2) is 40.1 Å². The maximum absolute atomic E-state index is 11.8. The molecule has 6 heteroatoms. The number of imide groups is 2. The molecular weight excluding hydrogens is 236 g/mol. The van der Waals surface area contributed by atoms with Gasteiger partial charge in [-0.05, 0) is 0 Å². The van der Waals surface area contributed by atoms with E-state index in [1.807, 2.05) is 0 Å². The second kappa shape index (κ2) is 4.36. The summed E-state index contributed by atoms with van der Waals surface area (Å²) >= 11 is 0. The topological polar surface area (TPSA) is 74.8 Å². The van der Waals surface area contributed by atoms with Gasteiger partial charge in [-0.2, -0.15) is 0 Å². The first-order chi connectivity index (χ1) is 8.45. The Bertz CT molecular complexity index is 457. The second-order valence-electron chi connectivity index (χ2n) is 4.61. The van der Waals surface area contributed by atoms with Gasteiger partial charge in [0.1, 0.15) is 6.67 Å². The Kier molecular flexibility index (Phi) is 3.02. The summed E-state index contributed by atoms with van der Waals surface area (Å²) in [7, 11) is 0. The van der Waals surface area contributed by atoms with Crippen molar-refractivity contribution < 1.29 is 19.2 Å². The molecule has 0 saturated carbocycles. The number of nitrogens with zero attached hydrogens (tertiary/aromatic N) is 2. The van der Waals surface area contributed by atoms with Crippen molar-refractivity contribution in [2.45, 2.75) is 19.8 Å². The van der Waals surface area contributed by atoms with Crippen LogP contribution in [0.25, 0.3) is 0 Å². The van der Waals surface area contributed by atoms with Crippen molar-refractivity contribution in [1.29, 1.82) is 0 Å². The minimum Gasteiger partial charge on any atom is -0.274 e. The van der Waals surface area contributed by atoms with E-state index in [1.165, 1.54) is 6.08 Å². The minimum atomic E-state index is -0.539. The highest BCUT2D eigenvalue weighted by Gasteiger charge is 2.42. The number of hydrogen-bond acceptors (Lipinski definition) is 4. The predicted octanol–water partition coefficient (Wildman–Crippen LogP) is -0.100. The third kappa shape index (κ3) is 1.83. The molecule has 0 spiro atoms. The highest BCUT2D eigenvalue weighted by Crippen LogP contribution is 2.24. The molecule has 2 saturated heterocycles. The molecule has 2 heterocycles. The Balaban J connectivity index is 2.13. The van der Waals surface area contributed by atoms with Crippen molar-refractivity contribution in [2.75, 3.05) is 6.67 Å². The third-order valence-electron chi connectivity index (χ3n) is 3.32. The van der Waals surface area contributed by atoms with Crippen molar-refractivity contribution in [3.63, 3.8) is 0 Å². The van der Waals surface area contributed by atoms with Crippen LogP contribution in [0.15, 0.2) is 12.7 Å². The molecule has 2 aliphatic heterocycles. The number of rotatable bonds is 3. The van der Waals surface area contributed by atoms with Gasteiger partial charge in [-0.3, -0.25) is 29.0 Å². The van der Waals surface area contributed by atoms with Crippen molar-refractivity contribution in [1.82, 2.24) is 9.80 Å². The molecule has 2 atom stereocenters. The number of amides is 4. The van der Waals surface area contributed by atoms with E-state index in [2.05, 4.69) is 6.58 Å². The Hall–Kier alpha value is -1.98. The fraction of sp³-hybridized carbons (Fsp3) is 0.500. The standard InChI is InChI=1S/C12H14N2O4/c1-3-8-5-10(16)14(12(8)18)6-13-9(15)4-7(2)11(13)17/h3,7-8H,1,4-6H2,2H3. The predicted molar refractivity (Wildman–Crippen MR) is 60.7 cm³/mol. The van der Waals surface area contributed by atoms with Gasteiger partial charge in [0.05, 0.1) is 5.92 Å². The summed E-state index contributed by atoms with van der Waals surface area (Å²) < 4.78 is 0. The van der Waals surface area contributed by atoms with Gasteiger partial charge in [0.15, 0.2) is 0 Å². The number of carbonyl (C=O) groups excluding carboxylic acids is 4. The van der Waals surface area contributed by atoms with Crippen LogP contribution in [0.4, 0.5) is 0 Å². The van der Waals surface area contributed by atoms with Gasteiger partial charge < -0.3 is 0 Å². The molecule has 0 aromatic heterocycles. The summed E-state index contributed by atoms with van der Waals surface area (Å²) in [6.45, 7) is 4.88. The molecule has 2 aliphatic rings. The van der Waals surface area contributed by atoms with Crippen molar-refractivity contribution >= 4 is 23.6 Å². The van der Waals surface area contributed by atoms with E-state index in [0.717, 1.165) is 9.80 Å². The summed E-state index contributed by atoms with van der Waals surface area (Å²) in [5.41, 5.74) is 0. The van der Waals surface area contributed by atoms with Crippen molar-refractivity contribution in [2.24, 2.45) is 11.8 Å². The molecule has 18 heavy (non-hydrogen) atoms. The van der Waals surface area contributed by atoms with Crippen molar-refractivity contribution in [3.05, 3.63) is 12.7 Å². The molecule has 0 radical (unpaired) electrons. The maximum atomic E-state index is 11.8. The normalized spacial score (nSPS) is 28.5. The zero-order valence-corrected chi connectivity index (χ0v) is 10.1. The van der Waals surface area contributed by atoms with E-state index in [9.17, 15) is 19.2 Å². The minimum absolute atomic E-state index is 0.0636. The maximum Gasteiger partial charge on any atom is 0.238 e. The van der Waals surface area contributed by atoms with Gasteiger partial charge in [0.2, 0.25) is 23.6 Å². The molecule has 96 valence electrons. The zero-order chi connectivity index (χ0) is 13.4. The lowest BCUT2D eigenvalue weighted by molar-refractivity contribution is -0.148. The van der Waals surface area contributed by atoms with Crippen LogP contribution in [0.3, 0.4) is 0 Å². The van der Waals surface area contributed by atoms with Crippen LogP contribution in [-0.2, 0) is 19.2 Å². The Morgan fingerprint density at radius 3 is 2.11 bits per heavy atom. The molecule has 0 bridgehead atoms.